The quantitative estimate of drug-likeness (QED) is 0.441. The average molecular weight is 506 g/mol. The van der Waals surface area contributed by atoms with Gasteiger partial charge in [-0.05, 0) is 42.7 Å². The summed E-state index contributed by atoms with van der Waals surface area (Å²) in [4.78, 5) is 30.1. The number of aromatic amines is 1. The molecule has 11 heteroatoms. The van der Waals surface area contributed by atoms with Crippen LogP contribution in [-0.2, 0) is 11.2 Å². The van der Waals surface area contributed by atoms with E-state index in [1.165, 1.54) is 29.2 Å². The normalized spacial score (nSPS) is 14.2. The molecule has 0 spiro atoms. The fourth-order valence-electron chi connectivity index (χ4n) is 3.57. The Morgan fingerprint density at radius 3 is 2.60 bits per heavy atom. The first-order valence-corrected chi connectivity index (χ1v) is 11.6. The molecule has 0 fully saturated rings. The molecule has 2 heterocycles. The summed E-state index contributed by atoms with van der Waals surface area (Å²) < 4.78 is 32.8. The van der Waals surface area contributed by atoms with Crippen molar-refractivity contribution in [1.29, 1.82) is 0 Å². The number of cyclic esters (lactones) is 1. The maximum Gasteiger partial charge on any atom is 0.412 e. The zero-order valence-electron chi connectivity index (χ0n) is 19.6. The molecule has 0 aliphatic carbocycles. The van der Waals surface area contributed by atoms with E-state index in [9.17, 15) is 18.4 Å². The van der Waals surface area contributed by atoms with Gasteiger partial charge in [0, 0.05) is 20.0 Å². The molecule has 1 aliphatic rings. The highest BCUT2D eigenvalue weighted by Gasteiger charge is 2.30. The molecule has 2 amide bonds. The lowest BCUT2D eigenvalue weighted by atomic mass is 10.0. The zero-order chi connectivity index (χ0) is 25.5. The molecule has 186 valence electrons. The first-order chi connectivity index (χ1) is 16.8. The number of hydrogen-bond donors (Lipinski definition) is 2. The summed E-state index contributed by atoms with van der Waals surface area (Å²) >= 11 is 5.87. The van der Waals surface area contributed by atoms with Crippen molar-refractivity contribution in [1.82, 2.24) is 20.1 Å². The second-order valence-corrected chi connectivity index (χ2v) is 8.03. The highest BCUT2D eigenvalue weighted by atomic mass is 35.5. The molecule has 0 radical (unpaired) electrons. The Hall–Kier alpha value is -3.53. The smallest absolute Gasteiger partial charge is 0.412 e. The van der Waals surface area contributed by atoms with Crippen molar-refractivity contribution in [2.24, 2.45) is 0 Å². The molecule has 0 saturated heterocycles. The Labute approximate surface area is 206 Å². The number of carbonyl (C=O) groups is 2. The van der Waals surface area contributed by atoms with Crippen molar-refractivity contribution in [3.05, 3.63) is 75.8 Å². The fourth-order valence-corrected chi connectivity index (χ4v) is 3.74. The summed E-state index contributed by atoms with van der Waals surface area (Å²) in [5.74, 6) is -0.885. The molecule has 0 bridgehead atoms. The van der Waals surface area contributed by atoms with Gasteiger partial charge in [-0.15, -0.1) is 5.10 Å². The van der Waals surface area contributed by atoms with E-state index in [0.29, 0.717) is 37.3 Å². The molecule has 0 saturated carbocycles. The standard InChI is InChI=1S/C22H20ClF2N5O3.C2H6/c1-30(21(31)20-27-17(28-29-20)11-12-4-6-13(24)7-5-12)10-2-3-16-18-15(26-22(32)33-16)9-8-14(23)19(18)25;1-2/h4-9,16H,2-3,10-11H2,1H3,(H,26,32)(H,27,28,29);1-2H3/t16-;/m1./s1. The third-order valence-corrected chi connectivity index (χ3v) is 5.55. The van der Waals surface area contributed by atoms with Crippen molar-refractivity contribution in [2.75, 3.05) is 18.9 Å². The predicted octanol–water partition coefficient (Wildman–Crippen LogP) is 5.51. The number of nitrogens with zero attached hydrogens (tertiary/aromatic N) is 3. The number of amides is 2. The van der Waals surface area contributed by atoms with Gasteiger partial charge >= 0.3 is 6.09 Å². The van der Waals surface area contributed by atoms with E-state index in [0.717, 1.165) is 5.56 Å². The highest BCUT2D eigenvalue weighted by Crippen LogP contribution is 2.38. The summed E-state index contributed by atoms with van der Waals surface area (Å²) in [7, 11) is 1.60. The van der Waals surface area contributed by atoms with Crippen LogP contribution in [0.4, 0.5) is 19.3 Å². The van der Waals surface area contributed by atoms with Gasteiger partial charge in [0.05, 0.1) is 16.3 Å². The van der Waals surface area contributed by atoms with Crippen molar-refractivity contribution in [2.45, 2.75) is 39.2 Å². The number of nitrogens with one attached hydrogen (secondary N) is 2. The number of rotatable bonds is 7. The van der Waals surface area contributed by atoms with Crippen LogP contribution in [0.2, 0.25) is 5.02 Å². The molecular formula is C24H26ClF2N5O3. The van der Waals surface area contributed by atoms with Crippen molar-refractivity contribution in [3.8, 4) is 0 Å². The number of carbonyl (C=O) groups excluding carboxylic acids is 2. The lowest BCUT2D eigenvalue weighted by molar-refractivity contribution is 0.0749. The largest absolute Gasteiger partial charge is 0.441 e. The lowest BCUT2D eigenvalue weighted by Crippen LogP contribution is -2.30. The number of halogens is 3. The van der Waals surface area contributed by atoms with Gasteiger partial charge in [-0.2, -0.15) is 0 Å². The first kappa shape index (κ1) is 26.1. The summed E-state index contributed by atoms with van der Waals surface area (Å²) in [6.45, 7) is 4.31. The number of ether oxygens (including phenoxy) is 1. The minimum Gasteiger partial charge on any atom is -0.441 e. The summed E-state index contributed by atoms with van der Waals surface area (Å²) in [5, 5.41) is 9.08. The van der Waals surface area contributed by atoms with Gasteiger partial charge in [0.1, 0.15) is 17.7 Å². The van der Waals surface area contributed by atoms with Crippen LogP contribution in [-0.4, -0.2) is 45.7 Å². The topological polar surface area (TPSA) is 100 Å². The van der Waals surface area contributed by atoms with Crippen molar-refractivity contribution >= 4 is 29.3 Å². The number of benzene rings is 2. The number of hydrogen-bond acceptors (Lipinski definition) is 5. The van der Waals surface area contributed by atoms with Crippen LogP contribution in [0.15, 0.2) is 36.4 Å². The molecule has 2 N–H and O–H groups in total. The molecule has 3 aromatic rings. The van der Waals surface area contributed by atoms with E-state index in [4.69, 9.17) is 16.3 Å². The average Bonchev–Trinajstić information content (AvgIpc) is 3.32. The van der Waals surface area contributed by atoms with Gasteiger partial charge in [-0.1, -0.05) is 37.6 Å². The van der Waals surface area contributed by atoms with Crippen LogP contribution >= 0.6 is 11.6 Å². The Balaban J connectivity index is 0.00000167. The van der Waals surface area contributed by atoms with Crippen LogP contribution in [0.25, 0.3) is 0 Å². The maximum atomic E-state index is 14.5. The minimum atomic E-state index is -0.818. The predicted molar refractivity (Wildman–Crippen MR) is 127 cm³/mol. The van der Waals surface area contributed by atoms with E-state index in [1.54, 1.807) is 19.2 Å². The maximum absolute atomic E-state index is 14.5. The molecule has 1 atom stereocenters. The monoisotopic (exact) mass is 505 g/mol. The van der Waals surface area contributed by atoms with Crippen LogP contribution in [0.1, 0.15) is 60.4 Å². The number of fused-ring (bicyclic) bond motifs is 1. The molecule has 1 aliphatic heterocycles. The molecule has 1 aromatic heterocycles. The van der Waals surface area contributed by atoms with Gasteiger partial charge in [0.25, 0.3) is 5.91 Å². The Kier molecular flexibility index (Phi) is 8.75. The van der Waals surface area contributed by atoms with Crippen LogP contribution in [0.3, 0.4) is 0 Å². The Morgan fingerprint density at radius 2 is 1.89 bits per heavy atom. The summed E-state index contributed by atoms with van der Waals surface area (Å²) in [5.41, 5.74) is 1.33. The third-order valence-electron chi connectivity index (χ3n) is 5.26. The second kappa shape index (κ2) is 11.7. The van der Waals surface area contributed by atoms with Crippen molar-refractivity contribution < 1.29 is 23.1 Å². The number of anilines is 1. The van der Waals surface area contributed by atoms with Gasteiger partial charge in [-0.3, -0.25) is 15.2 Å². The van der Waals surface area contributed by atoms with E-state index in [2.05, 4.69) is 20.5 Å². The molecule has 2 aromatic carbocycles. The fraction of sp³-hybridized carbons (Fsp3) is 0.333. The van der Waals surface area contributed by atoms with Crippen LogP contribution in [0, 0.1) is 11.6 Å². The van der Waals surface area contributed by atoms with E-state index < -0.39 is 23.9 Å². The molecule has 8 nitrogen and oxygen atoms in total. The van der Waals surface area contributed by atoms with Crippen molar-refractivity contribution in [3.63, 3.8) is 0 Å². The lowest BCUT2D eigenvalue weighted by Gasteiger charge is -2.27. The molecular weight excluding hydrogens is 480 g/mol. The number of H-pyrrole nitrogens is 1. The summed E-state index contributed by atoms with van der Waals surface area (Å²) in [6, 6.07) is 8.86. The Morgan fingerprint density at radius 1 is 1.17 bits per heavy atom. The molecule has 0 unspecified atom stereocenters. The minimum absolute atomic E-state index is 0.00563. The Bertz CT molecular complexity index is 1190. The molecule has 4 rings (SSSR count). The third kappa shape index (κ3) is 6.33. The van der Waals surface area contributed by atoms with Gasteiger partial charge in [0.2, 0.25) is 5.82 Å². The van der Waals surface area contributed by atoms with Crippen LogP contribution in [0.5, 0.6) is 0 Å². The van der Waals surface area contributed by atoms with Gasteiger partial charge < -0.3 is 9.64 Å². The highest BCUT2D eigenvalue weighted by molar-refractivity contribution is 6.31. The number of aromatic nitrogens is 3. The first-order valence-electron chi connectivity index (χ1n) is 11.2. The van der Waals surface area contributed by atoms with E-state index >= 15 is 0 Å². The van der Waals surface area contributed by atoms with Gasteiger partial charge in [0.15, 0.2) is 5.82 Å². The summed E-state index contributed by atoms with van der Waals surface area (Å²) in [6.07, 6.45) is -0.397. The van der Waals surface area contributed by atoms with Crippen LogP contribution < -0.4 is 5.32 Å². The van der Waals surface area contributed by atoms with E-state index in [1.807, 2.05) is 13.8 Å². The second-order valence-electron chi connectivity index (χ2n) is 7.62. The SMILES string of the molecule is CC.CN(CCC[C@H]1OC(=O)Nc2ccc(Cl)c(F)c21)C(=O)c1n[nH]c(Cc2ccc(F)cc2)n1. The van der Waals surface area contributed by atoms with E-state index in [-0.39, 0.29) is 22.2 Å². The van der Waals surface area contributed by atoms with Gasteiger partial charge in [-0.25, -0.2) is 18.6 Å². The molecule has 35 heavy (non-hydrogen) atoms. The zero-order valence-corrected chi connectivity index (χ0v) is 20.3.